The van der Waals surface area contributed by atoms with Gasteiger partial charge in [-0.15, -0.1) is 0 Å². The summed E-state index contributed by atoms with van der Waals surface area (Å²) < 4.78 is 13.9. The molecule has 198 valence electrons. The molecule has 5 rings (SSSR count). The number of unbranched alkanes of at least 4 members (excludes halogenated alkanes) is 1. The summed E-state index contributed by atoms with van der Waals surface area (Å²) in [4.78, 5) is 7.30. The van der Waals surface area contributed by atoms with Crippen molar-refractivity contribution in [1.29, 1.82) is 0 Å². The van der Waals surface area contributed by atoms with Gasteiger partial charge in [0.05, 0.1) is 5.69 Å². The first-order chi connectivity index (χ1) is 18.6. The zero-order chi connectivity index (χ0) is 26.3. The van der Waals surface area contributed by atoms with Gasteiger partial charge in [0.25, 0.3) is 0 Å². The van der Waals surface area contributed by atoms with Gasteiger partial charge in [0, 0.05) is 31.7 Å². The molecule has 0 saturated carbocycles. The first-order valence-corrected chi connectivity index (χ1v) is 14.0. The maximum atomic E-state index is 6.88. The molecule has 0 atom stereocenters. The molecule has 0 unspecified atom stereocenters. The third-order valence-corrected chi connectivity index (χ3v) is 7.29. The van der Waals surface area contributed by atoms with Gasteiger partial charge >= 0.3 is 0 Å². The molecule has 4 aromatic rings. The molecule has 1 aliphatic heterocycles. The summed E-state index contributed by atoms with van der Waals surface area (Å²) in [5, 5.41) is 0.578. The van der Waals surface area contributed by atoms with E-state index in [1.807, 2.05) is 12.1 Å². The molecular formula is C32H36ClN3O2. The third kappa shape index (κ3) is 6.23. The van der Waals surface area contributed by atoms with Crippen molar-refractivity contribution in [1.82, 2.24) is 14.5 Å². The second kappa shape index (κ2) is 12.5. The van der Waals surface area contributed by atoms with Gasteiger partial charge in [0.15, 0.2) is 16.7 Å². The Morgan fingerprint density at radius 3 is 2.32 bits per heavy atom. The van der Waals surface area contributed by atoms with Crippen LogP contribution in [0.15, 0.2) is 72.8 Å². The predicted molar refractivity (Wildman–Crippen MR) is 154 cm³/mol. The molecule has 6 heteroatoms. The number of aryl methyl sites for hydroxylation is 1. The van der Waals surface area contributed by atoms with E-state index in [1.54, 1.807) is 0 Å². The van der Waals surface area contributed by atoms with Gasteiger partial charge in [-0.25, -0.2) is 4.98 Å². The first kappa shape index (κ1) is 26.3. The average Bonchev–Trinajstić information content (AvgIpc) is 3.26. The van der Waals surface area contributed by atoms with Crippen molar-refractivity contribution in [3.05, 3.63) is 100 Å². The Morgan fingerprint density at radius 2 is 1.55 bits per heavy atom. The number of fused-ring (bicyclic) bond motifs is 1. The lowest BCUT2D eigenvalue weighted by molar-refractivity contribution is 0.170. The van der Waals surface area contributed by atoms with E-state index < -0.39 is 0 Å². The number of aromatic nitrogens is 2. The van der Waals surface area contributed by atoms with Crippen LogP contribution in [0.1, 0.15) is 49.1 Å². The van der Waals surface area contributed by atoms with Gasteiger partial charge in [-0.3, -0.25) is 4.90 Å². The van der Waals surface area contributed by atoms with Crippen LogP contribution in [-0.2, 0) is 32.6 Å². The van der Waals surface area contributed by atoms with E-state index in [0.29, 0.717) is 24.9 Å². The molecule has 0 aliphatic carbocycles. The summed E-state index contributed by atoms with van der Waals surface area (Å²) in [6.45, 7) is 8.72. The van der Waals surface area contributed by atoms with E-state index in [0.717, 1.165) is 67.5 Å². The Bertz CT molecular complexity index is 1350. The normalized spacial score (nSPS) is 12.7. The number of nitrogens with zero attached hydrogens (tertiary/aromatic N) is 3. The topological polar surface area (TPSA) is 39.5 Å². The molecule has 0 bridgehead atoms. The minimum Gasteiger partial charge on any atom is -0.486 e. The number of ether oxygens (including phenoxy) is 2. The lowest BCUT2D eigenvalue weighted by Gasteiger charge is -2.25. The Labute approximate surface area is 231 Å². The van der Waals surface area contributed by atoms with Gasteiger partial charge < -0.3 is 14.0 Å². The van der Waals surface area contributed by atoms with Crippen molar-refractivity contribution >= 4 is 11.6 Å². The van der Waals surface area contributed by atoms with Gasteiger partial charge in [-0.05, 0) is 41.7 Å². The number of halogens is 1. The number of benzene rings is 3. The van der Waals surface area contributed by atoms with Crippen LogP contribution in [-0.4, -0.2) is 27.7 Å². The molecule has 1 aliphatic rings. The van der Waals surface area contributed by atoms with Crippen LogP contribution >= 0.6 is 11.6 Å². The van der Waals surface area contributed by atoms with Gasteiger partial charge in [0.2, 0.25) is 0 Å². The number of hydrogen-bond acceptors (Lipinski definition) is 4. The van der Waals surface area contributed by atoms with Crippen LogP contribution in [0.5, 0.6) is 11.5 Å². The second-order valence-corrected chi connectivity index (χ2v) is 10.2. The summed E-state index contributed by atoms with van der Waals surface area (Å²) in [5.74, 6) is 2.57. The van der Waals surface area contributed by atoms with Crippen molar-refractivity contribution in [2.45, 2.75) is 59.3 Å². The lowest BCUT2D eigenvalue weighted by atomic mass is 10.1. The fourth-order valence-electron chi connectivity index (χ4n) is 5.00. The molecule has 38 heavy (non-hydrogen) atoms. The Hall–Kier alpha value is -3.28. The Kier molecular flexibility index (Phi) is 8.67. The fraction of sp³-hybridized carbons (Fsp3) is 0.344. The van der Waals surface area contributed by atoms with Gasteiger partial charge in [-0.1, -0.05) is 92.5 Å². The van der Waals surface area contributed by atoms with Crippen LogP contribution in [0.3, 0.4) is 0 Å². The SMILES string of the molecule is CCCCn1c(-c2ccccc2)nc(Cl)c1CN(Cc1cccc(CC)c1)Cc1ccc2c(c1)OCCO2. The van der Waals surface area contributed by atoms with Crippen molar-refractivity contribution < 1.29 is 9.47 Å². The van der Waals surface area contributed by atoms with Crippen LogP contribution in [0.25, 0.3) is 11.4 Å². The second-order valence-electron chi connectivity index (χ2n) is 9.84. The van der Waals surface area contributed by atoms with E-state index in [-0.39, 0.29) is 0 Å². The van der Waals surface area contributed by atoms with Gasteiger partial charge in [0.1, 0.15) is 19.0 Å². The molecule has 2 heterocycles. The summed E-state index contributed by atoms with van der Waals surface area (Å²) in [6.07, 6.45) is 3.19. The first-order valence-electron chi connectivity index (χ1n) is 13.6. The van der Waals surface area contributed by atoms with Crippen molar-refractivity contribution in [2.75, 3.05) is 13.2 Å². The maximum absolute atomic E-state index is 6.88. The zero-order valence-electron chi connectivity index (χ0n) is 22.3. The van der Waals surface area contributed by atoms with Crippen molar-refractivity contribution in [3.63, 3.8) is 0 Å². The van der Waals surface area contributed by atoms with E-state index >= 15 is 0 Å². The summed E-state index contributed by atoms with van der Waals surface area (Å²) in [7, 11) is 0. The summed E-state index contributed by atoms with van der Waals surface area (Å²) >= 11 is 6.88. The summed E-state index contributed by atoms with van der Waals surface area (Å²) in [5.41, 5.74) is 5.97. The highest BCUT2D eigenvalue weighted by Crippen LogP contribution is 2.32. The van der Waals surface area contributed by atoms with Crippen LogP contribution < -0.4 is 9.47 Å². The average molecular weight is 530 g/mol. The third-order valence-electron chi connectivity index (χ3n) is 6.98. The molecule has 0 amide bonds. The number of imidazole rings is 1. The molecule has 1 aromatic heterocycles. The molecule has 0 radical (unpaired) electrons. The van der Waals surface area contributed by atoms with Crippen LogP contribution in [0.4, 0.5) is 0 Å². The molecule has 3 aromatic carbocycles. The minimum atomic E-state index is 0.578. The zero-order valence-corrected chi connectivity index (χ0v) is 23.1. The van der Waals surface area contributed by atoms with E-state index in [2.05, 4.69) is 84.0 Å². The molecule has 0 N–H and O–H groups in total. The minimum absolute atomic E-state index is 0.578. The number of hydrogen-bond donors (Lipinski definition) is 0. The molecule has 5 nitrogen and oxygen atoms in total. The fourth-order valence-corrected chi connectivity index (χ4v) is 5.24. The van der Waals surface area contributed by atoms with Crippen LogP contribution in [0, 0.1) is 0 Å². The molecule has 0 saturated heterocycles. The summed E-state index contributed by atoms with van der Waals surface area (Å²) in [6, 6.07) is 25.5. The molecular weight excluding hydrogens is 494 g/mol. The van der Waals surface area contributed by atoms with E-state index in [9.17, 15) is 0 Å². The van der Waals surface area contributed by atoms with Crippen molar-refractivity contribution in [2.24, 2.45) is 0 Å². The highest BCUT2D eigenvalue weighted by molar-refractivity contribution is 6.30. The van der Waals surface area contributed by atoms with E-state index in [1.165, 1.54) is 16.7 Å². The largest absolute Gasteiger partial charge is 0.486 e. The Balaban J connectivity index is 1.49. The lowest BCUT2D eigenvalue weighted by Crippen LogP contribution is -2.25. The molecule has 0 spiro atoms. The standard InChI is InChI=1S/C32H36ClN3O2/c1-3-5-16-36-28(31(33)34-32(36)27-12-7-6-8-13-27)23-35(21-25-11-9-10-24(4-2)19-25)22-26-14-15-29-30(20-26)38-18-17-37-29/h6-15,19-20H,3-5,16-18,21-23H2,1-2H3. The number of rotatable bonds is 11. The quantitative estimate of drug-likeness (QED) is 0.201. The monoisotopic (exact) mass is 529 g/mol. The van der Waals surface area contributed by atoms with Gasteiger partial charge in [-0.2, -0.15) is 0 Å². The molecule has 0 fully saturated rings. The maximum Gasteiger partial charge on any atom is 0.161 e. The predicted octanol–water partition coefficient (Wildman–Crippen LogP) is 7.54. The van der Waals surface area contributed by atoms with Crippen LogP contribution in [0.2, 0.25) is 5.15 Å². The Morgan fingerprint density at radius 1 is 0.816 bits per heavy atom. The smallest absolute Gasteiger partial charge is 0.161 e. The highest BCUT2D eigenvalue weighted by atomic mass is 35.5. The van der Waals surface area contributed by atoms with Crippen molar-refractivity contribution in [3.8, 4) is 22.9 Å². The highest BCUT2D eigenvalue weighted by Gasteiger charge is 2.21. The van der Waals surface area contributed by atoms with E-state index in [4.69, 9.17) is 26.1 Å².